The third-order valence-corrected chi connectivity index (χ3v) is 5.55. The molecular weight excluding hydrogens is 338 g/mol. The van der Waals surface area contributed by atoms with Crippen molar-refractivity contribution < 1.29 is 4.74 Å². The van der Waals surface area contributed by atoms with Gasteiger partial charge >= 0.3 is 0 Å². The van der Waals surface area contributed by atoms with Gasteiger partial charge in [-0.2, -0.15) is 0 Å². The Labute approximate surface area is 139 Å². The number of ether oxygens (including phenoxy) is 1. The van der Waals surface area contributed by atoms with Crippen molar-refractivity contribution in [3.63, 3.8) is 0 Å². The number of likely N-dealkylation sites (N-methyl/N-ethyl adjacent to an activating group) is 1. The van der Waals surface area contributed by atoms with Crippen molar-refractivity contribution in [1.82, 2.24) is 0 Å². The molecule has 2 aromatic carbocycles. The van der Waals surface area contributed by atoms with Crippen molar-refractivity contribution in [3.05, 3.63) is 64.1 Å². The van der Waals surface area contributed by atoms with Gasteiger partial charge in [-0.15, -0.1) is 0 Å². The molecule has 0 bridgehead atoms. The van der Waals surface area contributed by atoms with Crippen molar-refractivity contribution in [2.75, 3.05) is 11.9 Å². The molecule has 2 heterocycles. The SMILES string of the molecule is CN1c2ccccc2C(C)(C)C12C=Cc1cc(Br)ccc1O2. The number of benzene rings is 2. The number of rotatable bonds is 0. The molecule has 0 amide bonds. The number of hydrogen-bond donors (Lipinski definition) is 0. The quantitative estimate of drug-likeness (QED) is 0.660. The van der Waals surface area contributed by atoms with Crippen molar-refractivity contribution in [2.24, 2.45) is 0 Å². The van der Waals surface area contributed by atoms with E-state index in [1.165, 1.54) is 11.3 Å². The average molecular weight is 356 g/mol. The zero-order valence-electron chi connectivity index (χ0n) is 12.9. The van der Waals surface area contributed by atoms with Gasteiger partial charge < -0.3 is 9.64 Å². The van der Waals surface area contributed by atoms with Gasteiger partial charge in [0.2, 0.25) is 5.72 Å². The maximum absolute atomic E-state index is 6.56. The van der Waals surface area contributed by atoms with Gasteiger partial charge in [-0.25, -0.2) is 0 Å². The predicted molar refractivity (Wildman–Crippen MR) is 94.4 cm³/mol. The standard InChI is InChI=1S/C19H18BrNO/c1-18(2)15-6-4-5-7-16(15)21(3)19(18)11-10-13-12-14(20)8-9-17(13)22-19/h4-12H,1-3H3. The van der Waals surface area contributed by atoms with E-state index in [1.807, 2.05) is 12.1 Å². The van der Waals surface area contributed by atoms with E-state index in [9.17, 15) is 0 Å². The molecule has 0 aromatic heterocycles. The fourth-order valence-corrected chi connectivity index (χ4v) is 4.13. The predicted octanol–water partition coefficient (Wildman–Crippen LogP) is 4.98. The van der Waals surface area contributed by atoms with Crippen LogP contribution in [0.3, 0.4) is 0 Å². The zero-order valence-corrected chi connectivity index (χ0v) is 14.5. The monoisotopic (exact) mass is 355 g/mol. The number of para-hydroxylation sites is 1. The van der Waals surface area contributed by atoms with E-state index >= 15 is 0 Å². The van der Waals surface area contributed by atoms with Gasteiger partial charge in [0.25, 0.3) is 0 Å². The number of nitrogens with zero attached hydrogens (tertiary/aromatic N) is 1. The smallest absolute Gasteiger partial charge is 0.211 e. The molecule has 0 fully saturated rings. The van der Waals surface area contributed by atoms with Crippen LogP contribution in [0, 0.1) is 0 Å². The van der Waals surface area contributed by atoms with Crippen LogP contribution in [0.4, 0.5) is 5.69 Å². The summed E-state index contributed by atoms with van der Waals surface area (Å²) in [4.78, 5) is 2.25. The Morgan fingerprint density at radius 3 is 2.64 bits per heavy atom. The highest BCUT2D eigenvalue weighted by atomic mass is 79.9. The third-order valence-electron chi connectivity index (χ3n) is 5.06. The number of anilines is 1. The number of halogens is 1. The van der Waals surface area contributed by atoms with Crippen molar-refractivity contribution in [1.29, 1.82) is 0 Å². The van der Waals surface area contributed by atoms with Crippen molar-refractivity contribution >= 4 is 27.7 Å². The van der Waals surface area contributed by atoms with Gasteiger partial charge in [-0.05, 0) is 55.8 Å². The molecule has 0 saturated heterocycles. The zero-order chi connectivity index (χ0) is 15.5. The molecule has 1 atom stereocenters. The first kappa shape index (κ1) is 13.9. The molecule has 1 unspecified atom stereocenters. The van der Waals surface area contributed by atoms with E-state index in [0.29, 0.717) is 0 Å². The van der Waals surface area contributed by atoms with Gasteiger partial charge in [0.1, 0.15) is 5.75 Å². The van der Waals surface area contributed by atoms with Crippen LogP contribution >= 0.6 is 15.9 Å². The first-order valence-corrected chi connectivity index (χ1v) is 8.26. The summed E-state index contributed by atoms with van der Waals surface area (Å²) in [6.45, 7) is 4.51. The lowest BCUT2D eigenvalue weighted by molar-refractivity contribution is 0.0581. The van der Waals surface area contributed by atoms with Crippen LogP contribution in [0.15, 0.2) is 53.0 Å². The third kappa shape index (κ3) is 1.60. The van der Waals surface area contributed by atoms with E-state index in [1.54, 1.807) is 0 Å². The molecule has 0 saturated carbocycles. The Kier molecular flexibility index (Phi) is 2.77. The Hall–Kier alpha value is -1.74. The lowest BCUT2D eigenvalue weighted by Crippen LogP contribution is -2.58. The Morgan fingerprint density at radius 1 is 1.09 bits per heavy atom. The molecular formula is C19H18BrNO. The summed E-state index contributed by atoms with van der Waals surface area (Å²) in [5.74, 6) is 0.929. The molecule has 2 aliphatic rings. The summed E-state index contributed by atoms with van der Waals surface area (Å²) >= 11 is 3.52. The molecule has 112 valence electrons. The van der Waals surface area contributed by atoms with Gasteiger partial charge in [0.05, 0.1) is 5.41 Å². The largest absolute Gasteiger partial charge is 0.463 e. The second-order valence-corrected chi connectivity index (χ2v) is 7.43. The first-order valence-electron chi connectivity index (χ1n) is 7.47. The molecule has 22 heavy (non-hydrogen) atoms. The summed E-state index contributed by atoms with van der Waals surface area (Å²) in [6, 6.07) is 14.7. The van der Waals surface area contributed by atoms with Crippen LogP contribution in [0.1, 0.15) is 25.0 Å². The van der Waals surface area contributed by atoms with Crippen LogP contribution in [-0.2, 0) is 5.41 Å². The fourth-order valence-electron chi connectivity index (χ4n) is 3.75. The lowest BCUT2D eigenvalue weighted by atomic mass is 9.76. The average Bonchev–Trinajstić information content (AvgIpc) is 2.67. The Balaban J connectivity index is 1.89. The number of hydrogen-bond acceptors (Lipinski definition) is 2. The summed E-state index contributed by atoms with van der Waals surface area (Å²) in [5.41, 5.74) is 3.04. The van der Waals surface area contributed by atoms with Crippen molar-refractivity contribution in [3.8, 4) is 5.75 Å². The van der Waals surface area contributed by atoms with Crippen molar-refractivity contribution in [2.45, 2.75) is 25.0 Å². The van der Waals surface area contributed by atoms with E-state index < -0.39 is 5.72 Å². The van der Waals surface area contributed by atoms with Gasteiger partial charge in [0.15, 0.2) is 0 Å². The number of fused-ring (bicyclic) bond motifs is 2. The summed E-state index contributed by atoms with van der Waals surface area (Å²) in [7, 11) is 2.11. The van der Waals surface area contributed by atoms with Crippen LogP contribution in [0.5, 0.6) is 5.75 Å². The molecule has 2 aliphatic heterocycles. The van der Waals surface area contributed by atoms with Gasteiger partial charge in [-0.3, -0.25) is 0 Å². The van der Waals surface area contributed by atoms with E-state index in [0.717, 1.165) is 15.8 Å². The lowest BCUT2D eigenvalue weighted by Gasteiger charge is -2.45. The minimum atomic E-state index is -0.489. The molecule has 0 N–H and O–H groups in total. The summed E-state index contributed by atoms with van der Waals surface area (Å²) < 4.78 is 7.63. The highest BCUT2D eigenvalue weighted by Gasteiger charge is 2.57. The fraction of sp³-hybridized carbons (Fsp3) is 0.263. The van der Waals surface area contributed by atoms with Crippen LogP contribution in [0.25, 0.3) is 6.08 Å². The topological polar surface area (TPSA) is 12.5 Å². The van der Waals surface area contributed by atoms with E-state index in [2.05, 4.69) is 84.2 Å². The molecule has 1 spiro atoms. The molecule has 2 nitrogen and oxygen atoms in total. The minimum absolute atomic E-state index is 0.139. The van der Waals surface area contributed by atoms with Crippen LogP contribution < -0.4 is 9.64 Å². The highest BCUT2D eigenvalue weighted by Crippen LogP contribution is 2.54. The summed E-state index contributed by atoms with van der Waals surface area (Å²) in [5, 5.41) is 0. The summed E-state index contributed by atoms with van der Waals surface area (Å²) in [6.07, 6.45) is 4.37. The molecule has 4 rings (SSSR count). The van der Waals surface area contributed by atoms with E-state index in [-0.39, 0.29) is 5.41 Å². The maximum Gasteiger partial charge on any atom is 0.211 e. The Morgan fingerprint density at radius 2 is 1.86 bits per heavy atom. The molecule has 0 aliphatic carbocycles. The Bertz CT molecular complexity index is 796. The van der Waals surface area contributed by atoms with E-state index in [4.69, 9.17) is 4.74 Å². The molecule has 3 heteroatoms. The van der Waals surface area contributed by atoms with Crippen LogP contribution in [0.2, 0.25) is 0 Å². The minimum Gasteiger partial charge on any atom is -0.463 e. The second-order valence-electron chi connectivity index (χ2n) is 6.52. The van der Waals surface area contributed by atoms with Crippen LogP contribution in [-0.4, -0.2) is 12.8 Å². The molecule has 0 radical (unpaired) electrons. The first-order chi connectivity index (χ1) is 10.5. The maximum atomic E-state index is 6.56. The van der Waals surface area contributed by atoms with Gasteiger partial charge in [-0.1, -0.05) is 34.1 Å². The second kappa shape index (κ2) is 4.39. The van der Waals surface area contributed by atoms with Gasteiger partial charge in [0, 0.05) is 22.8 Å². The highest BCUT2D eigenvalue weighted by molar-refractivity contribution is 9.10. The molecule has 2 aromatic rings. The normalized spacial score (nSPS) is 24.1.